The van der Waals surface area contributed by atoms with E-state index in [2.05, 4.69) is 28.7 Å². The Kier molecular flexibility index (Phi) is 7.62. The summed E-state index contributed by atoms with van der Waals surface area (Å²) in [6, 6.07) is 10.0. The first-order valence-electron chi connectivity index (χ1n) is 9.25. The third kappa shape index (κ3) is 4.95. The lowest BCUT2D eigenvalue weighted by molar-refractivity contribution is 0.207. The van der Waals surface area contributed by atoms with Crippen molar-refractivity contribution in [3.8, 4) is 22.1 Å². The molecule has 3 rings (SSSR count). The van der Waals surface area contributed by atoms with Crippen LogP contribution in [0.25, 0.3) is 10.6 Å². The second-order valence-corrected chi connectivity index (χ2v) is 7.82. The normalized spacial score (nSPS) is 12.4. The zero-order valence-electron chi connectivity index (χ0n) is 17.0. The van der Waals surface area contributed by atoms with E-state index in [9.17, 15) is 0 Å². The number of benzene rings is 1. The third-order valence-electron chi connectivity index (χ3n) is 4.27. The zero-order valence-corrected chi connectivity index (χ0v) is 18.7. The van der Waals surface area contributed by atoms with Crippen LogP contribution in [-0.2, 0) is 4.74 Å². The van der Waals surface area contributed by atoms with Gasteiger partial charge in [-0.25, -0.2) is 4.68 Å². The van der Waals surface area contributed by atoms with E-state index < -0.39 is 0 Å². The summed E-state index contributed by atoms with van der Waals surface area (Å²) >= 11 is 3.27. The molecule has 0 amide bonds. The highest BCUT2D eigenvalue weighted by molar-refractivity contribution is 7.14. The molecule has 0 radical (unpaired) electrons. The first kappa shape index (κ1) is 21.3. The number of aromatic nitrogens is 1. The molecule has 0 fully saturated rings. The van der Waals surface area contributed by atoms with Crippen molar-refractivity contribution in [3.05, 3.63) is 51.5 Å². The monoisotopic (exact) mass is 431 g/mol. The van der Waals surface area contributed by atoms with Crippen LogP contribution in [-0.4, -0.2) is 44.9 Å². The van der Waals surface area contributed by atoms with Crippen molar-refractivity contribution in [3.63, 3.8) is 0 Å². The molecule has 0 atom stereocenters. The molecule has 0 aliphatic heterocycles. The van der Waals surface area contributed by atoms with E-state index in [0.717, 1.165) is 33.1 Å². The summed E-state index contributed by atoms with van der Waals surface area (Å²) in [5.74, 6) is 1.38. The zero-order chi connectivity index (χ0) is 20.6. The molecule has 154 valence electrons. The third-order valence-corrected chi connectivity index (χ3v) is 6.02. The second-order valence-electron chi connectivity index (χ2n) is 6.04. The predicted octanol–water partition coefficient (Wildman–Crippen LogP) is 4.50. The molecule has 29 heavy (non-hydrogen) atoms. The molecule has 0 aliphatic carbocycles. The fourth-order valence-electron chi connectivity index (χ4n) is 2.80. The molecule has 8 heteroatoms. The van der Waals surface area contributed by atoms with Gasteiger partial charge < -0.3 is 14.2 Å². The Balaban J connectivity index is 2.11. The van der Waals surface area contributed by atoms with Crippen LogP contribution in [0.2, 0.25) is 0 Å². The minimum atomic E-state index is 0.576. The van der Waals surface area contributed by atoms with Crippen LogP contribution >= 0.6 is 22.7 Å². The van der Waals surface area contributed by atoms with Crippen molar-refractivity contribution in [2.45, 2.75) is 13.3 Å². The maximum Gasteiger partial charge on any atom is 0.206 e. The number of rotatable bonds is 9. The Hall–Kier alpha value is -2.42. The molecule has 0 spiro atoms. The number of hydrogen-bond acceptors (Lipinski definition) is 7. The molecular formula is C21H25N3O3S2. The summed E-state index contributed by atoms with van der Waals surface area (Å²) < 4.78 is 17.9. The van der Waals surface area contributed by atoms with Gasteiger partial charge in [-0.2, -0.15) is 5.10 Å². The fraction of sp³-hybridized carbons (Fsp3) is 0.333. The Bertz CT molecular complexity index is 1020. The van der Waals surface area contributed by atoms with E-state index in [0.29, 0.717) is 24.7 Å². The van der Waals surface area contributed by atoms with Crippen LogP contribution < -0.4 is 14.3 Å². The minimum absolute atomic E-state index is 0.576. The first-order valence-corrected chi connectivity index (χ1v) is 11.0. The van der Waals surface area contributed by atoms with Crippen LogP contribution in [0.3, 0.4) is 0 Å². The van der Waals surface area contributed by atoms with E-state index in [-0.39, 0.29) is 0 Å². The number of ether oxygens (including phenoxy) is 3. The predicted molar refractivity (Wildman–Crippen MR) is 120 cm³/mol. The highest BCUT2D eigenvalue weighted by Gasteiger charge is 2.12. The molecule has 3 aromatic rings. The largest absolute Gasteiger partial charge is 0.493 e. The van der Waals surface area contributed by atoms with Crippen molar-refractivity contribution in [2.75, 3.05) is 34.5 Å². The van der Waals surface area contributed by atoms with Crippen molar-refractivity contribution in [1.82, 2.24) is 4.68 Å². The molecule has 0 N–H and O–H groups in total. The average molecular weight is 432 g/mol. The summed E-state index contributed by atoms with van der Waals surface area (Å²) in [6.45, 7) is 3.26. The second kappa shape index (κ2) is 10.4. The summed E-state index contributed by atoms with van der Waals surface area (Å²) in [7, 11) is 4.95. The van der Waals surface area contributed by atoms with Gasteiger partial charge >= 0.3 is 0 Å². The van der Waals surface area contributed by atoms with Crippen LogP contribution in [0.4, 0.5) is 0 Å². The van der Waals surface area contributed by atoms with Gasteiger partial charge in [0.1, 0.15) is 0 Å². The van der Waals surface area contributed by atoms with Crippen LogP contribution in [0, 0.1) is 0 Å². The molecule has 2 heterocycles. The molecule has 0 saturated carbocycles. The molecular weight excluding hydrogens is 406 g/mol. The summed E-state index contributed by atoms with van der Waals surface area (Å²) in [4.78, 5) is 6.68. The molecule has 0 bridgehead atoms. The summed E-state index contributed by atoms with van der Waals surface area (Å²) in [6.07, 6.45) is 0.764. The lowest BCUT2D eigenvalue weighted by Gasteiger charge is -2.11. The standard InChI is InChI=1S/C21H25N3O3S2/c1-5-16(15-8-9-18(26-3)19(13-15)27-4)23-24-17(20-7-6-12-28-20)14-29-21(24)22-10-11-25-2/h6-9,12-14H,5,10-11H2,1-4H3/b22-21?,23-16+. The van der Waals surface area contributed by atoms with Crippen LogP contribution in [0.1, 0.15) is 18.9 Å². The van der Waals surface area contributed by atoms with E-state index in [1.165, 1.54) is 0 Å². The highest BCUT2D eigenvalue weighted by atomic mass is 32.1. The van der Waals surface area contributed by atoms with Gasteiger partial charge in [0.25, 0.3) is 0 Å². The first-order chi connectivity index (χ1) is 14.2. The smallest absolute Gasteiger partial charge is 0.206 e. The fourth-order valence-corrected chi connectivity index (χ4v) is 4.45. The molecule has 0 aliphatic rings. The molecule has 0 saturated heterocycles. The Labute approximate surface area is 178 Å². The van der Waals surface area contributed by atoms with Gasteiger partial charge in [-0.05, 0) is 36.1 Å². The lowest BCUT2D eigenvalue weighted by atomic mass is 10.1. The summed E-state index contributed by atoms with van der Waals surface area (Å²) in [5, 5.41) is 9.16. The van der Waals surface area contributed by atoms with Gasteiger partial charge in [0.2, 0.25) is 4.80 Å². The van der Waals surface area contributed by atoms with E-state index in [1.54, 1.807) is 44.0 Å². The maximum absolute atomic E-state index is 5.46. The van der Waals surface area contributed by atoms with Gasteiger partial charge in [-0.15, -0.1) is 22.7 Å². The van der Waals surface area contributed by atoms with Crippen LogP contribution in [0.5, 0.6) is 11.5 Å². The van der Waals surface area contributed by atoms with Crippen molar-refractivity contribution >= 4 is 28.4 Å². The van der Waals surface area contributed by atoms with Crippen molar-refractivity contribution in [1.29, 1.82) is 0 Å². The Morgan fingerprint density at radius 1 is 1.07 bits per heavy atom. The van der Waals surface area contributed by atoms with Crippen LogP contribution in [0.15, 0.2) is 51.2 Å². The number of thiophene rings is 1. The molecule has 0 unspecified atom stereocenters. The van der Waals surface area contributed by atoms with Gasteiger partial charge in [0.05, 0.1) is 43.7 Å². The number of nitrogens with zero attached hydrogens (tertiary/aromatic N) is 3. The lowest BCUT2D eigenvalue weighted by Crippen LogP contribution is -2.16. The van der Waals surface area contributed by atoms with Gasteiger partial charge in [0, 0.05) is 18.1 Å². The van der Waals surface area contributed by atoms with E-state index >= 15 is 0 Å². The SMILES string of the molecule is CC/C(=N\n1c(-c2cccs2)csc1=NCCOC)c1ccc(OC)c(OC)c1. The van der Waals surface area contributed by atoms with Crippen molar-refractivity contribution in [2.24, 2.45) is 10.1 Å². The van der Waals surface area contributed by atoms with Crippen molar-refractivity contribution < 1.29 is 14.2 Å². The minimum Gasteiger partial charge on any atom is -0.493 e. The topological polar surface area (TPSA) is 57.3 Å². The van der Waals surface area contributed by atoms with Gasteiger partial charge in [-0.3, -0.25) is 4.99 Å². The highest BCUT2D eigenvalue weighted by Crippen LogP contribution is 2.29. The van der Waals surface area contributed by atoms with Gasteiger partial charge in [-0.1, -0.05) is 13.0 Å². The van der Waals surface area contributed by atoms with E-state index in [4.69, 9.17) is 19.3 Å². The average Bonchev–Trinajstić information content (AvgIpc) is 3.41. The Morgan fingerprint density at radius 2 is 1.90 bits per heavy atom. The van der Waals surface area contributed by atoms with Gasteiger partial charge in [0.15, 0.2) is 11.5 Å². The number of thiazole rings is 1. The number of methoxy groups -OCH3 is 3. The molecule has 2 aromatic heterocycles. The number of hydrogen-bond donors (Lipinski definition) is 0. The quantitative estimate of drug-likeness (QED) is 0.370. The summed E-state index contributed by atoms with van der Waals surface area (Å²) in [5.41, 5.74) is 2.96. The maximum atomic E-state index is 5.46. The Morgan fingerprint density at radius 3 is 2.55 bits per heavy atom. The van der Waals surface area contributed by atoms with E-state index in [1.807, 2.05) is 28.9 Å². The molecule has 1 aromatic carbocycles. The molecule has 6 nitrogen and oxygen atoms in total.